The molecule has 4 rings (SSSR count). The lowest BCUT2D eigenvalue weighted by atomic mass is 10.1. The summed E-state index contributed by atoms with van der Waals surface area (Å²) in [5.74, 6) is 0.408. The highest BCUT2D eigenvalue weighted by atomic mass is 35.5. The summed E-state index contributed by atoms with van der Waals surface area (Å²) in [5, 5.41) is 3.60. The first kappa shape index (κ1) is 29.4. The van der Waals surface area contributed by atoms with E-state index in [1.165, 1.54) is 4.90 Å². The molecule has 1 saturated carbocycles. The third kappa shape index (κ3) is 7.99. The molecule has 0 radical (unpaired) electrons. The van der Waals surface area contributed by atoms with Crippen LogP contribution in [0.25, 0.3) is 0 Å². The standard InChI is InChI=1S/C30H34ClN3O5S/c1-22(30(36)32-25-8-6-7-9-25)33(20-23-12-14-24(31)15-13-23)29(35)21-34(40(2,37)38)26-16-18-28(19-17-26)39-27-10-4-3-5-11-27/h3-5,10-19,22,25H,6-9,20-21H2,1-2H3,(H,32,36)/t22-/m0/s1. The molecule has 0 saturated heterocycles. The van der Waals surface area contributed by atoms with E-state index in [0.717, 1.165) is 41.8 Å². The number of rotatable bonds is 11. The number of hydrogen-bond acceptors (Lipinski definition) is 5. The molecule has 212 valence electrons. The van der Waals surface area contributed by atoms with Gasteiger partial charge in [-0.05, 0) is 73.9 Å². The Morgan fingerprint density at radius 2 is 1.55 bits per heavy atom. The van der Waals surface area contributed by atoms with Crippen LogP contribution in [-0.2, 0) is 26.2 Å². The van der Waals surface area contributed by atoms with E-state index in [9.17, 15) is 18.0 Å². The maximum atomic E-state index is 13.7. The van der Waals surface area contributed by atoms with Gasteiger partial charge in [-0.25, -0.2) is 8.42 Å². The maximum Gasteiger partial charge on any atom is 0.244 e. The van der Waals surface area contributed by atoms with Gasteiger partial charge >= 0.3 is 0 Å². The van der Waals surface area contributed by atoms with Crippen LogP contribution >= 0.6 is 11.6 Å². The molecule has 0 unspecified atom stereocenters. The lowest BCUT2D eigenvalue weighted by molar-refractivity contribution is -0.139. The fraction of sp³-hybridized carbons (Fsp3) is 0.333. The van der Waals surface area contributed by atoms with E-state index in [2.05, 4.69) is 5.32 Å². The third-order valence-corrected chi connectivity index (χ3v) is 8.31. The quantitative estimate of drug-likeness (QED) is 0.327. The van der Waals surface area contributed by atoms with Crippen molar-refractivity contribution in [3.63, 3.8) is 0 Å². The summed E-state index contributed by atoms with van der Waals surface area (Å²) in [6.07, 6.45) is 5.00. The molecule has 0 bridgehead atoms. The summed E-state index contributed by atoms with van der Waals surface area (Å²) >= 11 is 6.04. The topological polar surface area (TPSA) is 96.0 Å². The molecule has 1 atom stereocenters. The molecule has 0 heterocycles. The van der Waals surface area contributed by atoms with Gasteiger partial charge < -0.3 is 15.0 Å². The first-order chi connectivity index (χ1) is 19.1. The fourth-order valence-corrected chi connectivity index (χ4v) is 5.66. The Morgan fingerprint density at radius 3 is 2.15 bits per heavy atom. The van der Waals surface area contributed by atoms with Crippen molar-refractivity contribution in [1.82, 2.24) is 10.2 Å². The van der Waals surface area contributed by atoms with Crippen molar-refractivity contribution in [3.05, 3.63) is 89.4 Å². The molecule has 8 nitrogen and oxygen atoms in total. The predicted octanol–water partition coefficient (Wildman–Crippen LogP) is 5.37. The molecule has 3 aromatic rings. The maximum absolute atomic E-state index is 13.7. The number of carbonyl (C=O) groups is 2. The van der Waals surface area contributed by atoms with Crippen molar-refractivity contribution >= 4 is 39.1 Å². The molecule has 1 aliphatic carbocycles. The molecule has 0 aromatic heterocycles. The van der Waals surface area contributed by atoms with Crippen LogP contribution in [0, 0.1) is 0 Å². The monoisotopic (exact) mass is 583 g/mol. The van der Waals surface area contributed by atoms with Crippen molar-refractivity contribution in [1.29, 1.82) is 0 Å². The number of halogens is 1. The first-order valence-electron chi connectivity index (χ1n) is 13.2. The second-order valence-corrected chi connectivity index (χ2v) is 12.3. The van der Waals surface area contributed by atoms with Crippen molar-refractivity contribution in [3.8, 4) is 11.5 Å². The smallest absolute Gasteiger partial charge is 0.244 e. The number of para-hydroxylation sites is 1. The van der Waals surface area contributed by atoms with Crippen LogP contribution in [0.4, 0.5) is 5.69 Å². The van der Waals surface area contributed by atoms with Crippen LogP contribution in [0.3, 0.4) is 0 Å². The third-order valence-electron chi connectivity index (χ3n) is 6.92. The van der Waals surface area contributed by atoms with Crippen molar-refractivity contribution in [2.75, 3.05) is 17.1 Å². The predicted molar refractivity (Wildman–Crippen MR) is 157 cm³/mol. The molecule has 2 amide bonds. The Balaban J connectivity index is 1.55. The highest BCUT2D eigenvalue weighted by Crippen LogP contribution is 2.26. The lowest BCUT2D eigenvalue weighted by Crippen LogP contribution is -2.52. The minimum atomic E-state index is -3.83. The van der Waals surface area contributed by atoms with Gasteiger partial charge in [-0.3, -0.25) is 13.9 Å². The minimum absolute atomic E-state index is 0.0894. The summed E-state index contributed by atoms with van der Waals surface area (Å²) in [6, 6.07) is 22.0. The molecule has 0 aliphatic heterocycles. The molecule has 10 heteroatoms. The van der Waals surface area contributed by atoms with Crippen LogP contribution in [0.5, 0.6) is 11.5 Å². The van der Waals surface area contributed by atoms with E-state index in [4.69, 9.17) is 16.3 Å². The van der Waals surface area contributed by atoms with E-state index >= 15 is 0 Å². The summed E-state index contributed by atoms with van der Waals surface area (Å²) in [6.45, 7) is 1.32. The fourth-order valence-electron chi connectivity index (χ4n) is 4.68. The Labute approximate surface area is 240 Å². The zero-order valence-electron chi connectivity index (χ0n) is 22.6. The van der Waals surface area contributed by atoms with Gasteiger partial charge in [0.15, 0.2) is 0 Å². The molecule has 40 heavy (non-hydrogen) atoms. The summed E-state index contributed by atoms with van der Waals surface area (Å²) in [4.78, 5) is 28.3. The first-order valence-corrected chi connectivity index (χ1v) is 15.5. The van der Waals surface area contributed by atoms with Gasteiger partial charge in [-0.1, -0.05) is 54.8 Å². The number of amides is 2. The van der Waals surface area contributed by atoms with Crippen LogP contribution < -0.4 is 14.4 Å². The highest BCUT2D eigenvalue weighted by Gasteiger charge is 2.31. The molecule has 0 spiro atoms. The Hall–Kier alpha value is -3.56. The molecule has 1 aliphatic rings. The van der Waals surface area contributed by atoms with E-state index in [1.807, 2.05) is 30.3 Å². The molecular formula is C30H34ClN3O5S. The average molecular weight is 584 g/mol. The SMILES string of the molecule is C[C@@H](C(=O)NC1CCCC1)N(Cc1ccc(Cl)cc1)C(=O)CN(c1ccc(Oc2ccccc2)cc1)S(C)(=O)=O. The van der Waals surface area contributed by atoms with Crippen LogP contribution in [-0.4, -0.2) is 50.0 Å². The summed E-state index contributed by atoms with van der Waals surface area (Å²) in [5.41, 5.74) is 1.08. The number of ether oxygens (including phenoxy) is 1. The van der Waals surface area contributed by atoms with Crippen molar-refractivity contribution in [2.45, 2.75) is 51.2 Å². The number of sulfonamides is 1. The van der Waals surface area contributed by atoms with E-state index < -0.39 is 28.5 Å². The largest absolute Gasteiger partial charge is 0.457 e. The van der Waals surface area contributed by atoms with Crippen molar-refractivity contribution < 1.29 is 22.7 Å². The minimum Gasteiger partial charge on any atom is -0.457 e. The number of benzene rings is 3. The van der Waals surface area contributed by atoms with Gasteiger partial charge in [0.05, 0.1) is 11.9 Å². The number of nitrogens with one attached hydrogen (secondary N) is 1. The van der Waals surface area contributed by atoms with Crippen LogP contribution in [0.1, 0.15) is 38.2 Å². The number of carbonyl (C=O) groups excluding carboxylic acids is 2. The summed E-state index contributed by atoms with van der Waals surface area (Å²) < 4.78 is 32.5. The average Bonchev–Trinajstić information content (AvgIpc) is 3.44. The Morgan fingerprint density at radius 1 is 0.950 bits per heavy atom. The van der Waals surface area contributed by atoms with Gasteiger partial charge in [-0.2, -0.15) is 0 Å². The number of hydrogen-bond donors (Lipinski definition) is 1. The van der Waals surface area contributed by atoms with E-state index in [0.29, 0.717) is 22.2 Å². The van der Waals surface area contributed by atoms with E-state index in [-0.39, 0.29) is 18.5 Å². The van der Waals surface area contributed by atoms with Crippen LogP contribution in [0.15, 0.2) is 78.9 Å². The molecule has 3 aromatic carbocycles. The number of anilines is 1. The second-order valence-electron chi connectivity index (χ2n) is 9.99. The van der Waals surface area contributed by atoms with Gasteiger partial charge in [0.2, 0.25) is 21.8 Å². The zero-order valence-corrected chi connectivity index (χ0v) is 24.2. The molecule has 1 N–H and O–H groups in total. The van der Waals surface area contributed by atoms with Gasteiger partial charge in [0.1, 0.15) is 24.1 Å². The molecule has 1 fully saturated rings. The Kier molecular flexibility index (Phi) is 9.71. The normalized spacial score (nSPS) is 14.4. The van der Waals surface area contributed by atoms with Crippen molar-refractivity contribution in [2.24, 2.45) is 0 Å². The van der Waals surface area contributed by atoms with Crippen LogP contribution in [0.2, 0.25) is 5.02 Å². The summed E-state index contributed by atoms with van der Waals surface area (Å²) in [7, 11) is -3.83. The Bertz CT molecular complexity index is 1390. The van der Waals surface area contributed by atoms with Gasteiger partial charge in [0.25, 0.3) is 0 Å². The zero-order chi connectivity index (χ0) is 28.7. The lowest BCUT2D eigenvalue weighted by Gasteiger charge is -2.32. The van der Waals surface area contributed by atoms with Gasteiger partial charge in [0, 0.05) is 17.6 Å². The number of nitrogens with zero attached hydrogens (tertiary/aromatic N) is 2. The second kappa shape index (κ2) is 13.2. The van der Waals surface area contributed by atoms with E-state index in [1.54, 1.807) is 55.5 Å². The highest BCUT2D eigenvalue weighted by molar-refractivity contribution is 7.92. The molecular weight excluding hydrogens is 550 g/mol. The van der Waals surface area contributed by atoms with Gasteiger partial charge in [-0.15, -0.1) is 0 Å².